The van der Waals surface area contributed by atoms with Gasteiger partial charge in [0.2, 0.25) is 5.82 Å². The Balaban J connectivity index is 1.52. The highest BCUT2D eigenvalue weighted by Gasteiger charge is 2.23. The standard InChI is InChI=1S/C32H31N5O3/c1-21-25(12-9-13-26(21)35-29(38)22-14-16-23(17-15-22)32(2,3)4)27-20-36(5)30(39)28(34-27)37(31-33-18-19-40-31)24-10-7-6-8-11-24/h6-20H,1-5H3,(H,35,38). The molecule has 0 saturated carbocycles. The van der Waals surface area contributed by atoms with Crippen LogP contribution in [0.4, 0.5) is 23.2 Å². The van der Waals surface area contributed by atoms with Crippen LogP contribution in [0.3, 0.4) is 0 Å². The molecule has 0 bridgehead atoms. The van der Waals surface area contributed by atoms with Crippen molar-refractivity contribution in [3.63, 3.8) is 0 Å². The van der Waals surface area contributed by atoms with Crippen molar-refractivity contribution < 1.29 is 9.21 Å². The minimum absolute atomic E-state index is 0.00461. The van der Waals surface area contributed by atoms with Gasteiger partial charge in [-0.1, -0.05) is 63.2 Å². The number of hydrogen-bond donors (Lipinski definition) is 1. The Bertz CT molecular complexity index is 1700. The van der Waals surface area contributed by atoms with Crippen molar-refractivity contribution in [2.24, 2.45) is 7.05 Å². The lowest BCUT2D eigenvalue weighted by molar-refractivity contribution is 0.102. The van der Waals surface area contributed by atoms with Crippen molar-refractivity contribution in [2.45, 2.75) is 33.1 Å². The Morgan fingerprint density at radius 3 is 2.35 bits per heavy atom. The summed E-state index contributed by atoms with van der Waals surface area (Å²) in [6, 6.07) is 22.8. The van der Waals surface area contributed by atoms with Crippen LogP contribution in [0.15, 0.2) is 101 Å². The number of nitrogens with one attached hydrogen (secondary N) is 1. The third-order valence-corrected chi connectivity index (χ3v) is 6.76. The van der Waals surface area contributed by atoms with Gasteiger partial charge in [0.1, 0.15) is 6.26 Å². The molecule has 1 N–H and O–H groups in total. The Hall–Kier alpha value is -4.98. The quantitative estimate of drug-likeness (QED) is 0.259. The average molecular weight is 534 g/mol. The zero-order valence-electron chi connectivity index (χ0n) is 23.2. The average Bonchev–Trinajstić information content (AvgIpc) is 3.47. The zero-order chi connectivity index (χ0) is 28.4. The molecule has 0 aliphatic rings. The van der Waals surface area contributed by atoms with E-state index in [4.69, 9.17) is 9.40 Å². The predicted octanol–water partition coefficient (Wildman–Crippen LogP) is 6.76. The highest BCUT2D eigenvalue weighted by molar-refractivity contribution is 6.05. The number of hydrogen-bond acceptors (Lipinski definition) is 6. The SMILES string of the molecule is Cc1c(NC(=O)c2ccc(C(C)(C)C)cc2)cccc1-c1cn(C)c(=O)c(N(c2ccccc2)c2ncco2)n1. The van der Waals surface area contributed by atoms with Crippen molar-refractivity contribution in [3.05, 3.63) is 118 Å². The van der Waals surface area contributed by atoms with Crippen LogP contribution in [0.25, 0.3) is 11.3 Å². The fourth-order valence-electron chi connectivity index (χ4n) is 4.46. The van der Waals surface area contributed by atoms with Crippen LogP contribution in [-0.2, 0) is 12.5 Å². The van der Waals surface area contributed by atoms with Crippen molar-refractivity contribution in [1.82, 2.24) is 14.5 Å². The van der Waals surface area contributed by atoms with Gasteiger partial charge in [-0.05, 0) is 53.8 Å². The van der Waals surface area contributed by atoms with Crippen molar-refractivity contribution in [1.29, 1.82) is 0 Å². The Morgan fingerprint density at radius 2 is 1.70 bits per heavy atom. The Kier molecular flexibility index (Phi) is 7.09. The minimum atomic E-state index is -0.313. The van der Waals surface area contributed by atoms with Crippen LogP contribution in [0.2, 0.25) is 0 Å². The number of rotatable bonds is 6. The molecule has 0 spiro atoms. The van der Waals surface area contributed by atoms with Gasteiger partial charge in [0.25, 0.3) is 11.5 Å². The van der Waals surface area contributed by atoms with Gasteiger partial charge >= 0.3 is 6.01 Å². The summed E-state index contributed by atoms with van der Waals surface area (Å²) >= 11 is 0. The monoisotopic (exact) mass is 533 g/mol. The summed E-state index contributed by atoms with van der Waals surface area (Å²) in [4.78, 5) is 37.1. The largest absolute Gasteiger partial charge is 0.432 e. The number of benzene rings is 3. The van der Waals surface area contributed by atoms with Gasteiger partial charge in [-0.3, -0.25) is 9.59 Å². The molecule has 0 unspecified atom stereocenters. The van der Waals surface area contributed by atoms with E-state index in [0.29, 0.717) is 22.6 Å². The highest BCUT2D eigenvalue weighted by Crippen LogP contribution is 2.33. The van der Waals surface area contributed by atoms with E-state index < -0.39 is 0 Å². The van der Waals surface area contributed by atoms with Crippen LogP contribution in [0.5, 0.6) is 0 Å². The molecule has 202 valence electrons. The summed E-state index contributed by atoms with van der Waals surface area (Å²) in [6.45, 7) is 8.34. The molecule has 0 aliphatic heterocycles. The summed E-state index contributed by atoms with van der Waals surface area (Å²) < 4.78 is 7.06. The first-order valence-corrected chi connectivity index (χ1v) is 13.0. The maximum Gasteiger partial charge on any atom is 0.307 e. The van der Waals surface area contributed by atoms with E-state index in [-0.39, 0.29) is 28.7 Å². The van der Waals surface area contributed by atoms with Gasteiger partial charge in [-0.15, -0.1) is 0 Å². The lowest BCUT2D eigenvalue weighted by Crippen LogP contribution is -2.27. The topological polar surface area (TPSA) is 93.3 Å². The fourth-order valence-corrected chi connectivity index (χ4v) is 4.46. The molecular formula is C32H31N5O3. The van der Waals surface area contributed by atoms with E-state index in [1.165, 1.54) is 17.0 Å². The Morgan fingerprint density at radius 1 is 0.975 bits per heavy atom. The smallest absolute Gasteiger partial charge is 0.307 e. The molecule has 5 aromatic rings. The lowest BCUT2D eigenvalue weighted by Gasteiger charge is -2.21. The number of oxazole rings is 1. The van der Waals surface area contributed by atoms with E-state index in [0.717, 1.165) is 16.7 Å². The zero-order valence-corrected chi connectivity index (χ0v) is 23.2. The van der Waals surface area contributed by atoms with Gasteiger partial charge in [-0.25, -0.2) is 14.9 Å². The lowest BCUT2D eigenvalue weighted by atomic mass is 9.86. The number of carbonyl (C=O) groups is 1. The van der Waals surface area contributed by atoms with Crippen LogP contribution >= 0.6 is 0 Å². The summed E-state index contributed by atoms with van der Waals surface area (Å²) in [5.74, 6) is -0.0598. The number of carbonyl (C=O) groups excluding carboxylic acids is 1. The predicted molar refractivity (Wildman–Crippen MR) is 157 cm³/mol. The maximum atomic E-state index is 13.3. The van der Waals surface area contributed by atoms with Gasteiger partial charge in [0.15, 0.2) is 0 Å². The van der Waals surface area contributed by atoms with Gasteiger partial charge in [0, 0.05) is 30.1 Å². The molecule has 2 aromatic heterocycles. The second kappa shape index (κ2) is 10.6. The molecule has 0 radical (unpaired) electrons. The van der Waals surface area contributed by atoms with E-state index in [2.05, 4.69) is 31.1 Å². The number of aryl methyl sites for hydroxylation is 1. The van der Waals surface area contributed by atoms with Gasteiger partial charge < -0.3 is 14.3 Å². The second-order valence-electron chi connectivity index (χ2n) is 10.6. The number of nitrogens with zero attached hydrogens (tertiary/aromatic N) is 4. The molecule has 8 nitrogen and oxygen atoms in total. The van der Waals surface area contributed by atoms with Gasteiger partial charge in [0.05, 0.1) is 17.6 Å². The minimum Gasteiger partial charge on any atom is -0.432 e. The molecule has 5 rings (SSSR count). The van der Waals surface area contributed by atoms with Gasteiger partial charge in [-0.2, -0.15) is 0 Å². The summed E-state index contributed by atoms with van der Waals surface area (Å²) in [5.41, 5.74) is 4.93. The number of para-hydroxylation sites is 1. The number of amides is 1. The van der Waals surface area contributed by atoms with Crippen molar-refractivity contribution >= 4 is 29.1 Å². The molecule has 2 heterocycles. The summed E-state index contributed by atoms with van der Waals surface area (Å²) in [5, 5.41) is 3.04. The maximum absolute atomic E-state index is 13.3. The molecular weight excluding hydrogens is 502 g/mol. The van der Waals surface area contributed by atoms with Crippen molar-refractivity contribution in [2.75, 3.05) is 10.2 Å². The Labute approximate surface area is 233 Å². The van der Waals surface area contributed by atoms with E-state index in [1.807, 2.05) is 79.7 Å². The number of aromatic nitrogens is 3. The van der Waals surface area contributed by atoms with E-state index in [9.17, 15) is 9.59 Å². The first-order chi connectivity index (χ1) is 19.1. The van der Waals surface area contributed by atoms with Crippen molar-refractivity contribution in [3.8, 4) is 11.3 Å². The van der Waals surface area contributed by atoms with Crippen LogP contribution in [0.1, 0.15) is 42.3 Å². The fraction of sp³-hybridized carbons (Fsp3) is 0.188. The molecule has 0 atom stereocenters. The summed E-state index contributed by atoms with van der Waals surface area (Å²) in [7, 11) is 1.68. The molecule has 0 fully saturated rings. The molecule has 8 heteroatoms. The van der Waals surface area contributed by atoms with Crippen LogP contribution in [-0.4, -0.2) is 20.4 Å². The molecule has 0 aliphatic carbocycles. The molecule has 3 aromatic carbocycles. The van der Waals surface area contributed by atoms with E-state index >= 15 is 0 Å². The molecule has 0 saturated heterocycles. The first kappa shape index (κ1) is 26.6. The van der Waals surface area contributed by atoms with E-state index in [1.54, 1.807) is 18.1 Å². The van der Waals surface area contributed by atoms with Crippen LogP contribution in [0, 0.1) is 6.92 Å². The first-order valence-electron chi connectivity index (χ1n) is 13.0. The highest BCUT2D eigenvalue weighted by atomic mass is 16.4. The normalized spacial score (nSPS) is 11.3. The number of anilines is 4. The van der Waals surface area contributed by atoms with Crippen LogP contribution < -0.4 is 15.8 Å². The molecule has 1 amide bonds. The molecule has 40 heavy (non-hydrogen) atoms. The summed E-state index contributed by atoms with van der Waals surface area (Å²) in [6.07, 6.45) is 4.66. The third-order valence-electron chi connectivity index (χ3n) is 6.76. The second-order valence-corrected chi connectivity index (χ2v) is 10.6. The third kappa shape index (κ3) is 5.29.